The quantitative estimate of drug-likeness (QED) is 0.545. The normalized spacial score (nSPS) is 10.9. The predicted octanol–water partition coefficient (Wildman–Crippen LogP) is 3.21. The van der Waals surface area contributed by atoms with Gasteiger partial charge in [-0.3, -0.25) is 14.2 Å². The summed E-state index contributed by atoms with van der Waals surface area (Å²) in [6.07, 6.45) is 0. The highest BCUT2D eigenvalue weighted by atomic mass is 32.2. The second-order valence-electron chi connectivity index (χ2n) is 4.99. The molecule has 0 bridgehead atoms. The Kier molecular flexibility index (Phi) is 4.25. The molecule has 6 heteroatoms. The number of hydrogen-bond acceptors (Lipinski definition) is 4. The van der Waals surface area contributed by atoms with Gasteiger partial charge in [0, 0.05) is 0 Å². The van der Waals surface area contributed by atoms with Crippen LogP contribution in [-0.2, 0) is 4.79 Å². The van der Waals surface area contributed by atoms with E-state index in [9.17, 15) is 14.0 Å². The lowest BCUT2D eigenvalue weighted by molar-refractivity contribution is -0.114. The maximum absolute atomic E-state index is 14.2. The molecule has 0 saturated carbocycles. The first-order valence-corrected chi connectivity index (χ1v) is 7.95. The van der Waals surface area contributed by atoms with Crippen LogP contribution in [0.1, 0.15) is 6.92 Å². The Morgan fingerprint density at radius 2 is 1.87 bits per heavy atom. The van der Waals surface area contributed by atoms with Crippen molar-refractivity contribution < 1.29 is 9.18 Å². The molecule has 0 aliphatic rings. The maximum atomic E-state index is 14.2. The van der Waals surface area contributed by atoms with Crippen LogP contribution in [0.4, 0.5) is 4.39 Å². The molecule has 3 aromatic rings. The highest BCUT2D eigenvalue weighted by Crippen LogP contribution is 2.22. The van der Waals surface area contributed by atoms with Crippen LogP contribution in [0.25, 0.3) is 16.6 Å². The Labute approximate surface area is 136 Å². The minimum absolute atomic E-state index is 0.0440. The smallest absolute Gasteiger partial charge is 0.266 e. The fourth-order valence-electron chi connectivity index (χ4n) is 2.22. The summed E-state index contributed by atoms with van der Waals surface area (Å²) in [7, 11) is 0. The highest BCUT2D eigenvalue weighted by molar-refractivity contribution is 7.99. The first-order valence-electron chi connectivity index (χ1n) is 6.97. The predicted molar refractivity (Wildman–Crippen MR) is 88.7 cm³/mol. The van der Waals surface area contributed by atoms with Crippen LogP contribution in [0.3, 0.4) is 0 Å². The lowest BCUT2D eigenvalue weighted by atomic mass is 10.2. The van der Waals surface area contributed by atoms with Gasteiger partial charge in [-0.2, -0.15) is 0 Å². The van der Waals surface area contributed by atoms with Crippen molar-refractivity contribution in [2.45, 2.75) is 12.1 Å². The minimum atomic E-state index is -0.517. The number of fused-ring (bicyclic) bond motifs is 1. The average Bonchev–Trinajstić information content (AvgIpc) is 2.54. The van der Waals surface area contributed by atoms with Crippen molar-refractivity contribution in [1.29, 1.82) is 0 Å². The lowest BCUT2D eigenvalue weighted by Gasteiger charge is -2.13. The lowest BCUT2D eigenvalue weighted by Crippen LogP contribution is -2.23. The summed E-state index contributed by atoms with van der Waals surface area (Å²) in [6, 6.07) is 12.9. The number of nitrogens with zero attached hydrogens (tertiary/aromatic N) is 2. The number of hydrogen-bond donors (Lipinski definition) is 0. The van der Waals surface area contributed by atoms with Gasteiger partial charge in [-0.1, -0.05) is 36.0 Å². The third-order valence-electron chi connectivity index (χ3n) is 3.24. The number of halogens is 1. The van der Waals surface area contributed by atoms with Gasteiger partial charge >= 0.3 is 0 Å². The van der Waals surface area contributed by atoms with Crippen molar-refractivity contribution in [3.63, 3.8) is 0 Å². The molecule has 0 N–H and O–H groups in total. The number of aromatic nitrogens is 2. The summed E-state index contributed by atoms with van der Waals surface area (Å²) in [5.74, 6) is -0.395. The zero-order chi connectivity index (χ0) is 16.4. The molecule has 0 spiro atoms. The number of thioether (sulfide) groups is 1. The Balaban J connectivity index is 2.30. The zero-order valence-corrected chi connectivity index (χ0v) is 13.1. The van der Waals surface area contributed by atoms with Gasteiger partial charge in [-0.05, 0) is 31.2 Å². The third kappa shape index (κ3) is 3.03. The van der Waals surface area contributed by atoms with Crippen LogP contribution >= 0.6 is 11.8 Å². The Hall–Kier alpha value is -2.47. The molecule has 2 aromatic carbocycles. The van der Waals surface area contributed by atoms with Gasteiger partial charge < -0.3 is 0 Å². The van der Waals surface area contributed by atoms with E-state index in [2.05, 4.69) is 4.98 Å². The second kappa shape index (κ2) is 6.34. The van der Waals surface area contributed by atoms with Crippen molar-refractivity contribution >= 4 is 28.4 Å². The number of benzene rings is 2. The van der Waals surface area contributed by atoms with E-state index in [0.717, 1.165) is 11.8 Å². The van der Waals surface area contributed by atoms with Gasteiger partial charge in [0.25, 0.3) is 5.56 Å². The van der Waals surface area contributed by atoms with Crippen LogP contribution in [0.2, 0.25) is 0 Å². The number of carbonyl (C=O) groups excluding carboxylic acids is 1. The molecule has 0 unspecified atom stereocenters. The molecular weight excluding hydrogens is 315 g/mol. The van der Waals surface area contributed by atoms with Crippen LogP contribution < -0.4 is 5.56 Å². The molecule has 23 heavy (non-hydrogen) atoms. The van der Waals surface area contributed by atoms with E-state index in [0.29, 0.717) is 16.1 Å². The summed E-state index contributed by atoms with van der Waals surface area (Å²) < 4.78 is 15.4. The highest BCUT2D eigenvalue weighted by Gasteiger charge is 2.16. The van der Waals surface area contributed by atoms with Crippen molar-refractivity contribution in [2.24, 2.45) is 0 Å². The molecule has 0 amide bonds. The molecular formula is C17H13FN2O2S. The molecule has 0 aliphatic carbocycles. The number of Topliss-reactive ketones (excluding diaryl/α,β-unsaturated/α-hetero) is 1. The molecule has 0 aliphatic heterocycles. The summed E-state index contributed by atoms with van der Waals surface area (Å²) in [5, 5.41) is 0.705. The molecule has 1 heterocycles. The standard InChI is InChI=1S/C17H13FN2O2S/c1-11(21)10-23-17-19-14-8-4-2-6-12(14)16(22)20(17)15-9-5-3-7-13(15)18/h2-9H,10H2,1H3. The molecule has 0 saturated heterocycles. The molecule has 0 radical (unpaired) electrons. The van der Waals surface area contributed by atoms with Gasteiger partial charge in [-0.25, -0.2) is 9.37 Å². The Bertz CT molecular complexity index is 953. The van der Waals surface area contributed by atoms with Crippen LogP contribution in [0.15, 0.2) is 58.5 Å². The van der Waals surface area contributed by atoms with Crippen molar-refractivity contribution in [2.75, 3.05) is 5.75 Å². The van der Waals surface area contributed by atoms with Crippen LogP contribution in [0.5, 0.6) is 0 Å². The minimum Gasteiger partial charge on any atom is -0.299 e. The second-order valence-corrected chi connectivity index (χ2v) is 5.94. The number of carbonyl (C=O) groups is 1. The van der Waals surface area contributed by atoms with Crippen LogP contribution in [-0.4, -0.2) is 21.1 Å². The van der Waals surface area contributed by atoms with Crippen molar-refractivity contribution in [3.05, 3.63) is 64.7 Å². The van der Waals surface area contributed by atoms with Crippen molar-refractivity contribution in [3.8, 4) is 5.69 Å². The summed E-state index contributed by atoms with van der Waals surface area (Å²) in [4.78, 5) is 28.5. The SMILES string of the molecule is CC(=O)CSc1nc2ccccc2c(=O)n1-c1ccccc1F. The molecule has 116 valence electrons. The number of rotatable bonds is 4. The van der Waals surface area contributed by atoms with E-state index in [4.69, 9.17) is 0 Å². The first-order chi connectivity index (χ1) is 11.1. The molecule has 0 fully saturated rings. The van der Waals surface area contributed by atoms with E-state index >= 15 is 0 Å². The van der Waals surface area contributed by atoms with Gasteiger partial charge in [0.15, 0.2) is 5.16 Å². The van der Waals surface area contributed by atoms with Crippen LogP contribution in [0, 0.1) is 5.82 Å². The van der Waals surface area contributed by atoms with E-state index in [1.165, 1.54) is 23.6 Å². The van der Waals surface area contributed by atoms with E-state index in [1.807, 2.05) is 0 Å². The van der Waals surface area contributed by atoms with Gasteiger partial charge in [0.05, 0.1) is 22.3 Å². The van der Waals surface area contributed by atoms with Gasteiger partial charge in [0.1, 0.15) is 11.6 Å². The number of para-hydroxylation sites is 2. The largest absolute Gasteiger partial charge is 0.299 e. The van der Waals surface area contributed by atoms with Gasteiger partial charge in [0.2, 0.25) is 0 Å². The maximum Gasteiger partial charge on any atom is 0.266 e. The Morgan fingerprint density at radius 3 is 2.61 bits per heavy atom. The molecule has 1 aromatic heterocycles. The van der Waals surface area contributed by atoms with Crippen molar-refractivity contribution in [1.82, 2.24) is 9.55 Å². The fourth-order valence-corrected chi connectivity index (χ4v) is 3.03. The topological polar surface area (TPSA) is 52.0 Å². The van der Waals surface area contributed by atoms with E-state index in [1.54, 1.807) is 36.4 Å². The summed E-state index contributed by atoms with van der Waals surface area (Å²) in [5.41, 5.74) is 0.296. The monoisotopic (exact) mass is 328 g/mol. The fraction of sp³-hybridized carbons (Fsp3) is 0.118. The Morgan fingerprint density at radius 1 is 1.17 bits per heavy atom. The third-order valence-corrected chi connectivity index (χ3v) is 4.33. The molecule has 4 nitrogen and oxygen atoms in total. The zero-order valence-electron chi connectivity index (χ0n) is 12.3. The van der Waals surface area contributed by atoms with E-state index < -0.39 is 5.82 Å². The summed E-state index contributed by atoms with van der Waals surface area (Å²) >= 11 is 1.12. The first kappa shape index (κ1) is 15.4. The molecule has 3 rings (SSSR count). The van der Waals surface area contributed by atoms with Gasteiger partial charge in [-0.15, -0.1) is 0 Å². The molecule has 0 atom stereocenters. The van der Waals surface area contributed by atoms with E-state index in [-0.39, 0.29) is 22.8 Å². The average molecular weight is 328 g/mol. The number of ketones is 1. The summed E-state index contributed by atoms with van der Waals surface area (Å²) in [6.45, 7) is 1.46.